The fourth-order valence-corrected chi connectivity index (χ4v) is 2.80. The average Bonchev–Trinajstić information content (AvgIpc) is 2.61. The minimum Gasteiger partial charge on any atom is -0.0847 e. The molecule has 0 saturated carbocycles. The quantitative estimate of drug-likeness (QED) is 0.489. The molecule has 0 aromatic carbocycles. The second-order valence-corrected chi connectivity index (χ2v) is 4.36. The van der Waals surface area contributed by atoms with E-state index in [1.54, 1.807) is 16.7 Å². The number of rotatable bonds is 0. The van der Waals surface area contributed by atoms with Crippen LogP contribution in [-0.2, 0) is 0 Å². The van der Waals surface area contributed by atoms with Crippen molar-refractivity contribution in [2.75, 3.05) is 0 Å². The van der Waals surface area contributed by atoms with Crippen molar-refractivity contribution in [2.24, 2.45) is 5.92 Å². The van der Waals surface area contributed by atoms with Crippen molar-refractivity contribution in [1.82, 2.24) is 0 Å². The maximum absolute atomic E-state index is 2.49. The lowest BCUT2D eigenvalue weighted by molar-refractivity contribution is 0.486. The van der Waals surface area contributed by atoms with Gasteiger partial charge in [0.05, 0.1) is 0 Å². The van der Waals surface area contributed by atoms with Crippen molar-refractivity contribution in [1.29, 1.82) is 0 Å². The van der Waals surface area contributed by atoms with Gasteiger partial charge in [-0.3, -0.25) is 0 Å². The van der Waals surface area contributed by atoms with Crippen LogP contribution >= 0.6 is 0 Å². The Kier molecular flexibility index (Phi) is 1.68. The zero-order chi connectivity index (χ0) is 8.67. The van der Waals surface area contributed by atoms with E-state index in [1.807, 2.05) is 0 Å². The first-order valence-corrected chi connectivity index (χ1v) is 5.36. The Morgan fingerprint density at radius 1 is 1.23 bits per heavy atom. The first-order chi connectivity index (χ1) is 6.43. The average molecular weight is 171 g/mol. The number of fused-ring (bicyclic) bond motifs is 1. The number of allylic oxidation sites excluding steroid dienone is 6. The summed E-state index contributed by atoms with van der Waals surface area (Å²) in [4.78, 5) is 0. The largest absolute Gasteiger partial charge is 0.0847 e. The molecule has 0 aromatic heterocycles. The molecule has 0 bridgehead atoms. The predicted octanol–water partition coefficient (Wildman–Crippen LogP) is 3.58. The number of hydrogen-bond acceptors (Lipinski definition) is 0. The van der Waals surface area contributed by atoms with E-state index in [0.29, 0.717) is 0 Å². The fourth-order valence-electron chi connectivity index (χ4n) is 2.80. The molecule has 0 heterocycles. The third-order valence-electron chi connectivity index (χ3n) is 3.56. The topological polar surface area (TPSA) is 0 Å². The van der Waals surface area contributed by atoms with Crippen LogP contribution in [0, 0.1) is 12.3 Å². The summed E-state index contributed by atoms with van der Waals surface area (Å²) in [6.45, 7) is 0. The molecule has 0 saturated heterocycles. The highest BCUT2D eigenvalue weighted by Crippen LogP contribution is 2.42. The van der Waals surface area contributed by atoms with Crippen molar-refractivity contribution in [2.45, 2.75) is 32.1 Å². The van der Waals surface area contributed by atoms with Crippen molar-refractivity contribution in [3.05, 3.63) is 41.4 Å². The summed E-state index contributed by atoms with van der Waals surface area (Å²) in [5.74, 6) is 0.892. The molecular formula is C13H15. The standard InChI is InChI=1S/C13H15/c1-2-5-11-9-13-7-3-6-12(13)8-10(11)4-1/h3-4,6-7,11H,1-2,5,8-9H2. The summed E-state index contributed by atoms with van der Waals surface area (Å²) in [6.07, 6.45) is 16.0. The lowest BCUT2D eigenvalue weighted by atomic mass is 9.75. The molecule has 0 amide bonds. The van der Waals surface area contributed by atoms with Gasteiger partial charge in [-0.1, -0.05) is 29.4 Å². The Morgan fingerprint density at radius 3 is 3.23 bits per heavy atom. The first-order valence-electron chi connectivity index (χ1n) is 5.36. The summed E-state index contributed by atoms with van der Waals surface area (Å²) < 4.78 is 0. The molecule has 0 N–H and O–H groups in total. The van der Waals surface area contributed by atoms with Crippen LogP contribution in [0.5, 0.6) is 0 Å². The van der Waals surface area contributed by atoms with E-state index < -0.39 is 0 Å². The molecule has 0 spiro atoms. The summed E-state index contributed by atoms with van der Waals surface area (Å²) in [6, 6.07) is 0. The minimum atomic E-state index is 0.892. The zero-order valence-electron chi connectivity index (χ0n) is 7.92. The van der Waals surface area contributed by atoms with Crippen LogP contribution < -0.4 is 0 Å². The van der Waals surface area contributed by atoms with Crippen LogP contribution in [0.3, 0.4) is 0 Å². The molecule has 1 atom stereocenters. The van der Waals surface area contributed by atoms with Gasteiger partial charge in [-0.2, -0.15) is 0 Å². The Labute approximate surface area is 80.0 Å². The van der Waals surface area contributed by atoms with Crippen molar-refractivity contribution < 1.29 is 0 Å². The summed E-state index contributed by atoms with van der Waals surface area (Å²) in [5, 5.41) is 0. The minimum absolute atomic E-state index is 0.892. The molecule has 13 heavy (non-hydrogen) atoms. The summed E-state index contributed by atoms with van der Waals surface area (Å²) in [5.41, 5.74) is 4.93. The Bertz CT molecular complexity index is 315. The van der Waals surface area contributed by atoms with Gasteiger partial charge in [0, 0.05) is 6.42 Å². The van der Waals surface area contributed by atoms with E-state index in [1.165, 1.54) is 32.1 Å². The molecule has 3 aliphatic carbocycles. The van der Waals surface area contributed by atoms with Gasteiger partial charge < -0.3 is 0 Å². The monoisotopic (exact) mass is 171 g/mol. The molecule has 1 radical (unpaired) electrons. The highest BCUT2D eigenvalue weighted by atomic mass is 14.3. The lowest BCUT2D eigenvalue weighted by Gasteiger charge is -2.30. The van der Waals surface area contributed by atoms with Crippen molar-refractivity contribution in [3.8, 4) is 0 Å². The van der Waals surface area contributed by atoms with E-state index in [2.05, 4.69) is 24.6 Å². The highest BCUT2D eigenvalue weighted by molar-refractivity contribution is 5.47. The molecule has 0 heteroatoms. The van der Waals surface area contributed by atoms with E-state index in [4.69, 9.17) is 0 Å². The first kappa shape index (κ1) is 7.61. The highest BCUT2D eigenvalue weighted by Gasteiger charge is 2.26. The molecule has 3 aliphatic rings. The van der Waals surface area contributed by atoms with Crippen LogP contribution in [0.1, 0.15) is 32.1 Å². The van der Waals surface area contributed by atoms with Crippen LogP contribution in [0.15, 0.2) is 34.9 Å². The third kappa shape index (κ3) is 1.20. The maximum atomic E-state index is 2.49. The molecule has 0 aromatic rings. The molecule has 1 unspecified atom stereocenters. The van der Waals surface area contributed by atoms with E-state index in [-0.39, 0.29) is 0 Å². The van der Waals surface area contributed by atoms with Gasteiger partial charge in [0.15, 0.2) is 0 Å². The van der Waals surface area contributed by atoms with Gasteiger partial charge in [-0.25, -0.2) is 0 Å². The van der Waals surface area contributed by atoms with Gasteiger partial charge in [0.25, 0.3) is 0 Å². The normalized spacial score (nSPS) is 31.4. The molecule has 67 valence electrons. The van der Waals surface area contributed by atoms with Gasteiger partial charge in [-0.05, 0) is 43.6 Å². The fraction of sp³-hybridized carbons (Fsp3) is 0.462. The van der Waals surface area contributed by atoms with Gasteiger partial charge in [0.1, 0.15) is 0 Å². The molecule has 0 fully saturated rings. The van der Waals surface area contributed by atoms with Crippen LogP contribution in [0.2, 0.25) is 0 Å². The molecular weight excluding hydrogens is 156 g/mol. The summed E-state index contributed by atoms with van der Waals surface area (Å²) in [7, 11) is 0. The Balaban J connectivity index is 1.92. The predicted molar refractivity (Wildman–Crippen MR) is 55.1 cm³/mol. The van der Waals surface area contributed by atoms with Gasteiger partial charge in [0.2, 0.25) is 0 Å². The zero-order valence-corrected chi connectivity index (χ0v) is 7.92. The summed E-state index contributed by atoms with van der Waals surface area (Å²) >= 11 is 0. The van der Waals surface area contributed by atoms with Crippen molar-refractivity contribution in [3.63, 3.8) is 0 Å². The molecule has 3 rings (SSSR count). The lowest BCUT2D eigenvalue weighted by Crippen LogP contribution is -2.14. The van der Waals surface area contributed by atoms with Crippen molar-refractivity contribution >= 4 is 0 Å². The molecule has 0 nitrogen and oxygen atoms in total. The third-order valence-corrected chi connectivity index (χ3v) is 3.56. The van der Waals surface area contributed by atoms with E-state index >= 15 is 0 Å². The number of hydrogen-bond donors (Lipinski definition) is 0. The SMILES string of the molecule is [CH]1C=CC2=C1CC1=CCCCC1C2. The van der Waals surface area contributed by atoms with Crippen LogP contribution in [0.4, 0.5) is 0 Å². The Hall–Kier alpha value is -0.780. The van der Waals surface area contributed by atoms with Crippen LogP contribution in [0.25, 0.3) is 0 Å². The van der Waals surface area contributed by atoms with Crippen LogP contribution in [-0.4, -0.2) is 0 Å². The smallest absolute Gasteiger partial charge is 0.00897 e. The molecule has 0 aliphatic heterocycles. The van der Waals surface area contributed by atoms with E-state index in [9.17, 15) is 0 Å². The van der Waals surface area contributed by atoms with Gasteiger partial charge in [-0.15, -0.1) is 0 Å². The van der Waals surface area contributed by atoms with E-state index in [0.717, 1.165) is 5.92 Å². The second kappa shape index (κ2) is 2.87. The second-order valence-electron chi connectivity index (χ2n) is 4.36. The Morgan fingerprint density at radius 2 is 2.23 bits per heavy atom. The van der Waals surface area contributed by atoms with Gasteiger partial charge >= 0.3 is 0 Å². The maximum Gasteiger partial charge on any atom is 0.00897 e.